The summed E-state index contributed by atoms with van der Waals surface area (Å²) >= 11 is 6.10. The van der Waals surface area contributed by atoms with E-state index in [-0.39, 0.29) is 11.9 Å². The zero-order valence-corrected chi connectivity index (χ0v) is 16.5. The van der Waals surface area contributed by atoms with Crippen LogP contribution >= 0.6 is 11.6 Å². The van der Waals surface area contributed by atoms with Crippen LogP contribution in [0.2, 0.25) is 5.02 Å². The van der Waals surface area contributed by atoms with Crippen molar-refractivity contribution in [3.05, 3.63) is 40.9 Å². The fourth-order valence-electron chi connectivity index (χ4n) is 3.97. The number of piperazine rings is 1. The number of amides is 1. The van der Waals surface area contributed by atoms with Crippen molar-refractivity contribution in [3.8, 4) is 0 Å². The highest BCUT2D eigenvalue weighted by molar-refractivity contribution is 6.30. The van der Waals surface area contributed by atoms with Gasteiger partial charge in [-0.1, -0.05) is 29.3 Å². The van der Waals surface area contributed by atoms with Gasteiger partial charge in [0.2, 0.25) is 0 Å². The first-order chi connectivity index (χ1) is 12.6. The van der Waals surface area contributed by atoms with E-state index >= 15 is 0 Å². The van der Waals surface area contributed by atoms with Gasteiger partial charge in [-0.25, -0.2) is 0 Å². The quantitative estimate of drug-likeness (QED) is 0.748. The Kier molecular flexibility index (Phi) is 6.98. The molecular formula is C21H31ClN3O+. The standard InChI is InChI=1S/C21H30ClN3O/c1-17(21(26)23-11-10-18-6-3-2-4-7-18)24-12-14-25(15-13-24)20-9-5-8-19(22)16-20/h5-6,8-9,16-17H,2-4,7,10-15H2,1H3,(H,23,26)/p+1/t17-/m1/s1. The van der Waals surface area contributed by atoms with Crippen molar-refractivity contribution in [1.82, 2.24) is 5.32 Å². The zero-order valence-electron chi connectivity index (χ0n) is 15.8. The van der Waals surface area contributed by atoms with Crippen LogP contribution in [0.1, 0.15) is 39.0 Å². The van der Waals surface area contributed by atoms with Crippen LogP contribution in [-0.4, -0.2) is 44.7 Å². The second-order valence-electron chi connectivity index (χ2n) is 7.50. The fraction of sp³-hybridized carbons (Fsp3) is 0.571. The predicted molar refractivity (Wildman–Crippen MR) is 108 cm³/mol. The maximum Gasteiger partial charge on any atom is 0.278 e. The molecule has 5 heteroatoms. The van der Waals surface area contributed by atoms with Gasteiger partial charge < -0.3 is 15.1 Å². The van der Waals surface area contributed by atoms with E-state index < -0.39 is 0 Å². The molecule has 1 amide bonds. The molecule has 1 fully saturated rings. The number of rotatable bonds is 6. The Balaban J connectivity index is 1.41. The number of nitrogens with zero attached hydrogens (tertiary/aromatic N) is 1. The van der Waals surface area contributed by atoms with Crippen LogP contribution in [0.5, 0.6) is 0 Å². The smallest absolute Gasteiger partial charge is 0.278 e. The molecule has 26 heavy (non-hydrogen) atoms. The summed E-state index contributed by atoms with van der Waals surface area (Å²) in [4.78, 5) is 16.2. The third-order valence-corrected chi connectivity index (χ3v) is 5.95. The minimum atomic E-state index is 0.0110. The van der Waals surface area contributed by atoms with Crippen LogP contribution in [0.4, 0.5) is 5.69 Å². The highest BCUT2D eigenvalue weighted by Gasteiger charge is 2.29. The molecule has 0 unspecified atom stereocenters. The second-order valence-corrected chi connectivity index (χ2v) is 7.93. The molecule has 1 aromatic carbocycles. The summed E-state index contributed by atoms with van der Waals surface area (Å²) < 4.78 is 0. The average molecular weight is 377 g/mol. The Labute approximate surface area is 162 Å². The average Bonchev–Trinajstić information content (AvgIpc) is 2.68. The number of hydrogen-bond acceptors (Lipinski definition) is 2. The number of benzene rings is 1. The van der Waals surface area contributed by atoms with E-state index in [0.717, 1.165) is 44.2 Å². The van der Waals surface area contributed by atoms with Gasteiger partial charge in [-0.3, -0.25) is 4.79 Å². The summed E-state index contributed by atoms with van der Waals surface area (Å²) in [6.45, 7) is 6.70. The summed E-state index contributed by atoms with van der Waals surface area (Å²) in [6, 6.07) is 8.03. The van der Waals surface area contributed by atoms with Gasteiger partial charge in [0.05, 0.1) is 26.2 Å². The maximum atomic E-state index is 12.5. The number of carbonyl (C=O) groups excluding carboxylic acids is 1. The van der Waals surface area contributed by atoms with E-state index in [2.05, 4.69) is 29.3 Å². The summed E-state index contributed by atoms with van der Waals surface area (Å²) in [5, 5.41) is 3.92. The molecule has 1 aromatic rings. The Bertz CT molecular complexity index is 638. The summed E-state index contributed by atoms with van der Waals surface area (Å²) in [7, 11) is 0. The van der Waals surface area contributed by atoms with Crippen LogP contribution in [0.25, 0.3) is 0 Å². The molecule has 0 radical (unpaired) electrons. The van der Waals surface area contributed by atoms with Crippen molar-refractivity contribution < 1.29 is 9.69 Å². The lowest BCUT2D eigenvalue weighted by atomic mass is 9.97. The first-order valence-electron chi connectivity index (χ1n) is 9.94. The van der Waals surface area contributed by atoms with Gasteiger partial charge in [0.1, 0.15) is 0 Å². The molecule has 0 aromatic heterocycles. The maximum absolute atomic E-state index is 12.5. The molecule has 0 bridgehead atoms. The van der Waals surface area contributed by atoms with Crippen molar-refractivity contribution in [2.45, 2.75) is 45.1 Å². The lowest BCUT2D eigenvalue weighted by molar-refractivity contribution is -0.914. The van der Waals surface area contributed by atoms with Crippen LogP contribution in [0.3, 0.4) is 0 Å². The minimum absolute atomic E-state index is 0.0110. The number of anilines is 1. The van der Waals surface area contributed by atoms with Crippen molar-refractivity contribution >= 4 is 23.2 Å². The van der Waals surface area contributed by atoms with E-state index in [1.165, 1.54) is 41.8 Å². The lowest BCUT2D eigenvalue weighted by Gasteiger charge is -2.36. The van der Waals surface area contributed by atoms with E-state index in [1.54, 1.807) is 0 Å². The first-order valence-corrected chi connectivity index (χ1v) is 10.3. The third-order valence-electron chi connectivity index (χ3n) is 5.72. The van der Waals surface area contributed by atoms with Gasteiger partial charge in [-0.2, -0.15) is 0 Å². The van der Waals surface area contributed by atoms with E-state index in [4.69, 9.17) is 11.6 Å². The number of allylic oxidation sites excluding steroid dienone is 1. The molecule has 0 saturated carbocycles. The molecule has 0 spiro atoms. The molecule has 2 aliphatic rings. The predicted octanol–water partition coefficient (Wildman–Crippen LogP) is 2.44. The Morgan fingerprint density at radius 2 is 2.12 bits per heavy atom. The van der Waals surface area contributed by atoms with Crippen molar-refractivity contribution in [2.75, 3.05) is 37.6 Å². The second kappa shape index (κ2) is 9.43. The van der Waals surface area contributed by atoms with Gasteiger partial charge in [0.25, 0.3) is 5.91 Å². The highest BCUT2D eigenvalue weighted by Crippen LogP contribution is 2.20. The molecule has 1 atom stereocenters. The van der Waals surface area contributed by atoms with Gasteiger partial charge in [-0.05, 0) is 57.2 Å². The topological polar surface area (TPSA) is 36.8 Å². The van der Waals surface area contributed by atoms with E-state index in [1.807, 2.05) is 18.2 Å². The van der Waals surface area contributed by atoms with E-state index in [0.29, 0.717) is 0 Å². The van der Waals surface area contributed by atoms with Crippen LogP contribution in [0, 0.1) is 0 Å². The number of carbonyl (C=O) groups is 1. The molecule has 1 aliphatic carbocycles. The highest BCUT2D eigenvalue weighted by atomic mass is 35.5. The zero-order chi connectivity index (χ0) is 18.4. The molecule has 1 saturated heterocycles. The van der Waals surface area contributed by atoms with Crippen molar-refractivity contribution in [1.29, 1.82) is 0 Å². The SMILES string of the molecule is C[C@H](C(=O)NCCC1=CCCCC1)[NH+]1CCN(c2cccc(Cl)c2)CC1. The molecule has 4 nitrogen and oxygen atoms in total. The van der Waals surface area contributed by atoms with Gasteiger partial charge in [0.15, 0.2) is 6.04 Å². The van der Waals surface area contributed by atoms with E-state index in [9.17, 15) is 4.79 Å². The first kappa shape index (κ1) is 19.2. The number of nitrogens with one attached hydrogen (secondary N) is 2. The number of quaternary nitrogens is 1. The molecule has 3 rings (SSSR count). The Morgan fingerprint density at radius 3 is 2.81 bits per heavy atom. The van der Waals surface area contributed by atoms with Gasteiger partial charge in [-0.15, -0.1) is 0 Å². The number of hydrogen-bond donors (Lipinski definition) is 2. The molecule has 142 valence electrons. The Hall–Kier alpha value is -1.52. The molecular weight excluding hydrogens is 346 g/mol. The monoisotopic (exact) mass is 376 g/mol. The van der Waals surface area contributed by atoms with Crippen LogP contribution in [0.15, 0.2) is 35.9 Å². The van der Waals surface area contributed by atoms with Crippen molar-refractivity contribution in [3.63, 3.8) is 0 Å². The fourth-order valence-corrected chi connectivity index (χ4v) is 4.16. The molecule has 1 heterocycles. The Morgan fingerprint density at radius 1 is 1.31 bits per heavy atom. The minimum Gasteiger partial charge on any atom is -0.360 e. The van der Waals surface area contributed by atoms with Crippen LogP contribution in [-0.2, 0) is 4.79 Å². The molecule has 2 N–H and O–H groups in total. The summed E-state index contributed by atoms with van der Waals surface area (Å²) in [5.74, 6) is 0.188. The normalized spacial score (nSPS) is 19.8. The van der Waals surface area contributed by atoms with Crippen molar-refractivity contribution in [2.24, 2.45) is 0 Å². The van der Waals surface area contributed by atoms with Gasteiger partial charge in [0, 0.05) is 17.3 Å². The number of halogens is 1. The summed E-state index contributed by atoms with van der Waals surface area (Å²) in [6.07, 6.45) is 8.41. The largest absolute Gasteiger partial charge is 0.360 e. The van der Waals surface area contributed by atoms with Gasteiger partial charge >= 0.3 is 0 Å². The summed E-state index contributed by atoms with van der Waals surface area (Å²) in [5.41, 5.74) is 2.70. The lowest BCUT2D eigenvalue weighted by Crippen LogP contribution is -3.19. The molecule has 1 aliphatic heterocycles. The van der Waals surface area contributed by atoms with Crippen LogP contribution < -0.4 is 15.1 Å². The third kappa shape index (κ3) is 5.24.